The molecule has 0 saturated carbocycles. The van der Waals surface area contributed by atoms with Crippen LogP contribution in [0, 0.1) is 20.8 Å². The number of rotatable bonds is 9. The van der Waals surface area contributed by atoms with E-state index in [1.54, 1.807) is 0 Å². The summed E-state index contributed by atoms with van der Waals surface area (Å²) in [6, 6.07) is 12.8. The Morgan fingerprint density at radius 3 is 2.41 bits per heavy atom. The van der Waals surface area contributed by atoms with Gasteiger partial charge in [-0.2, -0.15) is 4.98 Å². The summed E-state index contributed by atoms with van der Waals surface area (Å²) in [4.78, 5) is 6.57. The van der Waals surface area contributed by atoms with E-state index in [9.17, 15) is 0 Å². The minimum absolute atomic E-state index is 0.265. The van der Waals surface area contributed by atoms with Crippen molar-refractivity contribution in [3.8, 4) is 5.75 Å². The third-order valence-electron chi connectivity index (χ3n) is 4.89. The predicted octanol–water partition coefficient (Wildman–Crippen LogP) is 4.05. The van der Waals surface area contributed by atoms with E-state index in [1.165, 1.54) is 16.7 Å². The van der Waals surface area contributed by atoms with E-state index < -0.39 is 0 Å². The molecule has 0 saturated heterocycles. The highest BCUT2D eigenvalue weighted by Crippen LogP contribution is 2.26. The first-order chi connectivity index (χ1) is 14.0. The Hall–Kier alpha value is -2.70. The summed E-state index contributed by atoms with van der Waals surface area (Å²) in [5, 5.41) is 4.00. The third-order valence-corrected chi connectivity index (χ3v) is 4.89. The summed E-state index contributed by atoms with van der Waals surface area (Å²) in [7, 11) is 0. The first-order valence-corrected chi connectivity index (χ1v) is 10.0. The zero-order valence-electron chi connectivity index (χ0n) is 17.7. The quantitative estimate of drug-likeness (QED) is 0.590. The van der Waals surface area contributed by atoms with Crippen molar-refractivity contribution in [2.45, 2.75) is 53.9 Å². The molecule has 29 heavy (non-hydrogen) atoms. The number of nitrogens with zero attached hydrogens (tertiary/aromatic N) is 3. The van der Waals surface area contributed by atoms with E-state index in [0.717, 1.165) is 30.0 Å². The second-order valence-corrected chi connectivity index (χ2v) is 7.45. The van der Waals surface area contributed by atoms with Crippen LogP contribution in [0.3, 0.4) is 0 Å². The molecule has 0 fully saturated rings. The number of nitrogens with two attached hydrogens (primary N) is 1. The molecular weight excluding hydrogens is 364 g/mol. The molecule has 1 heterocycles. The number of aryl methyl sites for hydroxylation is 3. The molecule has 0 aliphatic rings. The Bertz CT molecular complexity index is 929. The normalized spacial score (nSPS) is 11.2. The third kappa shape index (κ3) is 5.65. The monoisotopic (exact) mass is 394 g/mol. The average molecular weight is 395 g/mol. The highest BCUT2D eigenvalue weighted by atomic mass is 16.5. The summed E-state index contributed by atoms with van der Waals surface area (Å²) in [5.41, 5.74) is 11.5. The van der Waals surface area contributed by atoms with Gasteiger partial charge in [-0.25, -0.2) is 0 Å². The molecule has 0 bridgehead atoms. The van der Waals surface area contributed by atoms with Crippen LogP contribution in [0.5, 0.6) is 5.75 Å². The second-order valence-electron chi connectivity index (χ2n) is 7.45. The minimum Gasteiger partial charge on any atom is -0.488 e. The maximum absolute atomic E-state index is 6.15. The number of aromatic nitrogens is 2. The lowest BCUT2D eigenvalue weighted by Crippen LogP contribution is -2.23. The smallest absolute Gasteiger partial charge is 0.240 e. The van der Waals surface area contributed by atoms with Gasteiger partial charge < -0.3 is 15.0 Å². The van der Waals surface area contributed by atoms with Crippen LogP contribution in [0.15, 0.2) is 40.9 Å². The van der Waals surface area contributed by atoms with Gasteiger partial charge in [-0.3, -0.25) is 4.90 Å². The van der Waals surface area contributed by atoms with Crippen molar-refractivity contribution in [1.29, 1.82) is 0 Å². The van der Waals surface area contributed by atoms with Gasteiger partial charge in [0.05, 0.1) is 13.1 Å². The van der Waals surface area contributed by atoms with Gasteiger partial charge in [-0.15, -0.1) is 0 Å². The maximum Gasteiger partial charge on any atom is 0.240 e. The Morgan fingerprint density at radius 1 is 1.03 bits per heavy atom. The fraction of sp³-hybridized carbons (Fsp3) is 0.391. The molecule has 2 aromatic carbocycles. The van der Waals surface area contributed by atoms with Crippen molar-refractivity contribution in [1.82, 2.24) is 15.0 Å². The molecule has 2 N–H and O–H groups in total. The second kappa shape index (κ2) is 9.67. The largest absolute Gasteiger partial charge is 0.488 e. The molecule has 0 aliphatic heterocycles. The van der Waals surface area contributed by atoms with Gasteiger partial charge in [0.1, 0.15) is 12.4 Å². The number of benzene rings is 2. The van der Waals surface area contributed by atoms with Gasteiger partial charge in [0.2, 0.25) is 5.89 Å². The topological polar surface area (TPSA) is 77.4 Å². The average Bonchev–Trinajstić information content (AvgIpc) is 3.14. The molecule has 0 spiro atoms. The van der Waals surface area contributed by atoms with Gasteiger partial charge in [0.25, 0.3) is 0 Å². The van der Waals surface area contributed by atoms with Crippen LogP contribution < -0.4 is 10.5 Å². The molecule has 0 aliphatic carbocycles. The zero-order valence-corrected chi connectivity index (χ0v) is 17.7. The fourth-order valence-electron chi connectivity index (χ4n) is 3.49. The van der Waals surface area contributed by atoms with Gasteiger partial charge in [-0.05, 0) is 49.6 Å². The lowest BCUT2D eigenvalue weighted by Gasteiger charge is -2.20. The fourth-order valence-corrected chi connectivity index (χ4v) is 3.49. The Morgan fingerprint density at radius 2 is 1.79 bits per heavy atom. The molecule has 6 nitrogen and oxygen atoms in total. The van der Waals surface area contributed by atoms with Crippen molar-refractivity contribution in [3.63, 3.8) is 0 Å². The van der Waals surface area contributed by atoms with Crippen LogP contribution in [0.2, 0.25) is 0 Å². The lowest BCUT2D eigenvalue weighted by molar-refractivity contribution is 0.258. The molecule has 154 valence electrons. The SMILES string of the molecule is CCN(Cc1cc(C)c(OCc2cccc(C)c2)c(C)c1)Cc1noc(CN)n1. The van der Waals surface area contributed by atoms with E-state index in [0.29, 0.717) is 24.9 Å². The number of hydrogen-bond donors (Lipinski definition) is 1. The molecule has 3 rings (SSSR count). The van der Waals surface area contributed by atoms with E-state index in [-0.39, 0.29) is 6.54 Å². The van der Waals surface area contributed by atoms with Crippen LogP contribution in [0.4, 0.5) is 0 Å². The van der Waals surface area contributed by atoms with Crippen LogP contribution >= 0.6 is 0 Å². The first-order valence-electron chi connectivity index (χ1n) is 10.0. The highest BCUT2D eigenvalue weighted by Gasteiger charge is 2.13. The van der Waals surface area contributed by atoms with E-state index in [1.807, 2.05) is 0 Å². The number of ether oxygens (including phenoxy) is 1. The molecule has 0 unspecified atom stereocenters. The van der Waals surface area contributed by atoms with Crippen LogP contribution in [-0.2, 0) is 26.2 Å². The number of hydrogen-bond acceptors (Lipinski definition) is 6. The van der Waals surface area contributed by atoms with Crippen molar-refractivity contribution in [3.05, 3.63) is 75.9 Å². The Balaban J connectivity index is 1.67. The van der Waals surface area contributed by atoms with Crippen molar-refractivity contribution < 1.29 is 9.26 Å². The zero-order chi connectivity index (χ0) is 20.8. The van der Waals surface area contributed by atoms with Gasteiger partial charge >= 0.3 is 0 Å². The van der Waals surface area contributed by atoms with Gasteiger partial charge in [0, 0.05) is 6.54 Å². The Labute approximate surface area is 172 Å². The van der Waals surface area contributed by atoms with E-state index in [4.69, 9.17) is 15.0 Å². The van der Waals surface area contributed by atoms with Crippen molar-refractivity contribution >= 4 is 0 Å². The molecular formula is C23H30N4O2. The summed E-state index contributed by atoms with van der Waals surface area (Å²) in [6.07, 6.45) is 0. The highest BCUT2D eigenvalue weighted by molar-refractivity contribution is 5.43. The summed E-state index contributed by atoms with van der Waals surface area (Å²) < 4.78 is 11.3. The minimum atomic E-state index is 0.265. The van der Waals surface area contributed by atoms with Gasteiger partial charge in [0.15, 0.2) is 5.82 Å². The molecule has 0 atom stereocenters. The Kier molecular flexibility index (Phi) is 7.01. The lowest BCUT2D eigenvalue weighted by atomic mass is 10.0. The summed E-state index contributed by atoms with van der Waals surface area (Å²) >= 11 is 0. The van der Waals surface area contributed by atoms with E-state index >= 15 is 0 Å². The van der Waals surface area contributed by atoms with Crippen molar-refractivity contribution in [2.24, 2.45) is 5.73 Å². The standard InChI is InChI=1S/C23H30N4O2/c1-5-27(14-21-25-22(12-24)29-26-21)13-20-10-17(3)23(18(4)11-20)28-15-19-8-6-7-16(2)9-19/h6-11H,5,12-15,24H2,1-4H3. The maximum atomic E-state index is 6.15. The van der Waals surface area contributed by atoms with Gasteiger partial charge in [-0.1, -0.05) is 54.0 Å². The molecule has 1 aromatic heterocycles. The molecule has 0 amide bonds. The first kappa shape index (κ1) is 21.0. The summed E-state index contributed by atoms with van der Waals surface area (Å²) in [5.74, 6) is 2.10. The van der Waals surface area contributed by atoms with E-state index in [2.05, 4.69) is 79.1 Å². The van der Waals surface area contributed by atoms with Crippen LogP contribution in [0.25, 0.3) is 0 Å². The van der Waals surface area contributed by atoms with Crippen LogP contribution in [-0.4, -0.2) is 21.6 Å². The molecule has 0 radical (unpaired) electrons. The van der Waals surface area contributed by atoms with Crippen LogP contribution in [0.1, 0.15) is 46.5 Å². The molecule has 3 aromatic rings. The predicted molar refractivity (Wildman–Crippen MR) is 113 cm³/mol. The summed E-state index contributed by atoms with van der Waals surface area (Å²) in [6.45, 7) is 11.6. The van der Waals surface area contributed by atoms with Crippen molar-refractivity contribution in [2.75, 3.05) is 6.54 Å². The molecule has 6 heteroatoms.